The van der Waals surface area contributed by atoms with Crippen molar-refractivity contribution in [2.75, 3.05) is 19.8 Å². The summed E-state index contributed by atoms with van der Waals surface area (Å²) in [6, 6.07) is -0.352. The van der Waals surface area contributed by atoms with E-state index in [9.17, 15) is 4.79 Å². The van der Waals surface area contributed by atoms with E-state index in [0.717, 1.165) is 25.4 Å². The Labute approximate surface area is 90.0 Å². The van der Waals surface area contributed by atoms with Crippen LogP contribution < -0.4 is 5.32 Å². The molecule has 2 rings (SSSR count). The van der Waals surface area contributed by atoms with Crippen LogP contribution in [-0.2, 0) is 9.53 Å². The topological polar surface area (TPSA) is 58.6 Å². The number of hydrogen-bond donors (Lipinski definition) is 2. The number of carbonyl (C=O) groups is 1. The molecule has 2 fully saturated rings. The predicted molar refractivity (Wildman–Crippen MR) is 55.7 cm³/mol. The highest BCUT2D eigenvalue weighted by Crippen LogP contribution is 2.32. The molecule has 2 N–H and O–H groups in total. The molecule has 4 heteroatoms. The summed E-state index contributed by atoms with van der Waals surface area (Å²) in [7, 11) is 0. The SMILES string of the molecule is O=C(O)C(NCCOCC1CC1)C1CC1. The molecular formula is C11H19NO3. The Morgan fingerprint density at radius 1 is 1.40 bits per heavy atom. The fourth-order valence-electron chi connectivity index (χ4n) is 1.71. The largest absolute Gasteiger partial charge is 0.480 e. The fourth-order valence-corrected chi connectivity index (χ4v) is 1.71. The first-order chi connectivity index (χ1) is 7.27. The van der Waals surface area contributed by atoms with E-state index in [-0.39, 0.29) is 6.04 Å². The minimum Gasteiger partial charge on any atom is -0.480 e. The van der Waals surface area contributed by atoms with Crippen molar-refractivity contribution in [3.8, 4) is 0 Å². The van der Waals surface area contributed by atoms with Crippen LogP contribution in [0.5, 0.6) is 0 Å². The maximum Gasteiger partial charge on any atom is 0.320 e. The number of rotatable bonds is 8. The van der Waals surface area contributed by atoms with E-state index in [4.69, 9.17) is 9.84 Å². The summed E-state index contributed by atoms with van der Waals surface area (Å²) in [4.78, 5) is 10.9. The van der Waals surface area contributed by atoms with Crippen molar-refractivity contribution < 1.29 is 14.6 Å². The van der Waals surface area contributed by atoms with Crippen LogP contribution in [0.25, 0.3) is 0 Å². The molecule has 0 aromatic heterocycles. The Hall–Kier alpha value is -0.610. The molecule has 2 saturated carbocycles. The van der Waals surface area contributed by atoms with Crippen molar-refractivity contribution in [3.05, 3.63) is 0 Å². The van der Waals surface area contributed by atoms with Gasteiger partial charge in [0.15, 0.2) is 0 Å². The third kappa shape index (κ3) is 3.80. The lowest BCUT2D eigenvalue weighted by Crippen LogP contribution is -2.40. The van der Waals surface area contributed by atoms with Crippen LogP contribution in [0.2, 0.25) is 0 Å². The lowest BCUT2D eigenvalue weighted by molar-refractivity contribution is -0.140. The van der Waals surface area contributed by atoms with Crippen LogP contribution in [0, 0.1) is 11.8 Å². The van der Waals surface area contributed by atoms with Gasteiger partial charge in [-0.2, -0.15) is 0 Å². The molecule has 0 saturated heterocycles. The van der Waals surface area contributed by atoms with Crippen molar-refractivity contribution in [1.29, 1.82) is 0 Å². The van der Waals surface area contributed by atoms with Gasteiger partial charge in [-0.05, 0) is 37.5 Å². The monoisotopic (exact) mass is 213 g/mol. The summed E-state index contributed by atoms with van der Waals surface area (Å²) in [5.41, 5.74) is 0. The summed E-state index contributed by atoms with van der Waals surface area (Å²) in [6.45, 7) is 2.13. The Balaban J connectivity index is 1.52. The van der Waals surface area contributed by atoms with Crippen LogP contribution in [0.3, 0.4) is 0 Å². The molecule has 0 aromatic rings. The average Bonchev–Trinajstić information content (AvgIpc) is 3.00. The van der Waals surface area contributed by atoms with Crippen molar-refractivity contribution in [2.24, 2.45) is 11.8 Å². The minimum absolute atomic E-state index is 0.352. The van der Waals surface area contributed by atoms with Gasteiger partial charge in [0.05, 0.1) is 6.61 Å². The zero-order chi connectivity index (χ0) is 10.7. The average molecular weight is 213 g/mol. The maximum absolute atomic E-state index is 10.9. The Morgan fingerprint density at radius 3 is 2.67 bits per heavy atom. The molecule has 1 unspecified atom stereocenters. The molecule has 0 aromatic carbocycles. The van der Waals surface area contributed by atoms with Gasteiger partial charge in [0.2, 0.25) is 0 Å². The van der Waals surface area contributed by atoms with E-state index in [2.05, 4.69) is 5.32 Å². The van der Waals surface area contributed by atoms with Crippen LogP contribution in [0.1, 0.15) is 25.7 Å². The second kappa shape index (κ2) is 4.94. The van der Waals surface area contributed by atoms with Gasteiger partial charge < -0.3 is 15.2 Å². The van der Waals surface area contributed by atoms with Gasteiger partial charge in [-0.15, -0.1) is 0 Å². The predicted octanol–water partition coefficient (Wildman–Crippen LogP) is 0.866. The molecule has 2 aliphatic carbocycles. The second-order valence-corrected chi connectivity index (χ2v) is 4.63. The van der Waals surface area contributed by atoms with E-state index in [0.29, 0.717) is 19.1 Å². The molecule has 0 bridgehead atoms. The molecule has 4 nitrogen and oxygen atoms in total. The molecule has 0 aliphatic heterocycles. The van der Waals surface area contributed by atoms with Gasteiger partial charge in [-0.3, -0.25) is 4.79 Å². The fraction of sp³-hybridized carbons (Fsp3) is 0.909. The van der Waals surface area contributed by atoms with Crippen molar-refractivity contribution in [3.63, 3.8) is 0 Å². The van der Waals surface area contributed by atoms with Gasteiger partial charge in [-0.25, -0.2) is 0 Å². The van der Waals surface area contributed by atoms with E-state index < -0.39 is 5.97 Å². The highest BCUT2D eigenvalue weighted by Gasteiger charge is 2.35. The lowest BCUT2D eigenvalue weighted by atomic mass is 10.2. The Bertz CT molecular complexity index is 224. The molecule has 0 amide bonds. The summed E-state index contributed by atoms with van der Waals surface area (Å²) in [5.74, 6) is 0.411. The normalized spacial score (nSPS) is 22.7. The first kappa shape index (κ1) is 10.9. The van der Waals surface area contributed by atoms with Gasteiger partial charge in [0.25, 0.3) is 0 Å². The van der Waals surface area contributed by atoms with E-state index in [1.165, 1.54) is 12.8 Å². The van der Waals surface area contributed by atoms with Crippen LogP contribution in [0.15, 0.2) is 0 Å². The summed E-state index contributed by atoms with van der Waals surface area (Å²) < 4.78 is 5.43. The molecular weight excluding hydrogens is 194 g/mol. The smallest absolute Gasteiger partial charge is 0.320 e. The van der Waals surface area contributed by atoms with Gasteiger partial charge >= 0.3 is 5.97 Å². The number of hydrogen-bond acceptors (Lipinski definition) is 3. The number of carboxylic acid groups (broad SMARTS) is 1. The summed E-state index contributed by atoms with van der Waals surface area (Å²) in [6.07, 6.45) is 4.69. The number of nitrogens with one attached hydrogen (secondary N) is 1. The molecule has 0 spiro atoms. The van der Waals surface area contributed by atoms with E-state index >= 15 is 0 Å². The first-order valence-corrected chi connectivity index (χ1v) is 5.81. The Morgan fingerprint density at radius 2 is 2.13 bits per heavy atom. The molecule has 1 atom stereocenters. The summed E-state index contributed by atoms with van der Waals surface area (Å²) >= 11 is 0. The zero-order valence-corrected chi connectivity index (χ0v) is 8.95. The quantitative estimate of drug-likeness (QED) is 0.587. The van der Waals surface area contributed by atoms with Gasteiger partial charge in [0, 0.05) is 13.2 Å². The van der Waals surface area contributed by atoms with Gasteiger partial charge in [-0.1, -0.05) is 0 Å². The second-order valence-electron chi connectivity index (χ2n) is 4.63. The number of aliphatic carboxylic acids is 1. The summed E-state index contributed by atoms with van der Waals surface area (Å²) in [5, 5.41) is 12.0. The van der Waals surface area contributed by atoms with E-state index in [1.807, 2.05) is 0 Å². The van der Waals surface area contributed by atoms with Crippen LogP contribution in [-0.4, -0.2) is 36.9 Å². The van der Waals surface area contributed by atoms with E-state index in [1.54, 1.807) is 0 Å². The molecule has 0 radical (unpaired) electrons. The molecule has 15 heavy (non-hydrogen) atoms. The number of carboxylic acids is 1. The first-order valence-electron chi connectivity index (χ1n) is 5.81. The number of ether oxygens (including phenoxy) is 1. The zero-order valence-electron chi connectivity index (χ0n) is 8.95. The standard InChI is InChI=1S/C11H19NO3/c13-11(14)10(9-3-4-9)12-5-6-15-7-8-1-2-8/h8-10,12H,1-7H2,(H,13,14). The van der Waals surface area contributed by atoms with Crippen LogP contribution in [0.4, 0.5) is 0 Å². The molecule has 2 aliphatic rings. The van der Waals surface area contributed by atoms with Crippen molar-refractivity contribution >= 4 is 5.97 Å². The third-order valence-corrected chi connectivity index (χ3v) is 3.02. The maximum atomic E-state index is 10.9. The molecule has 86 valence electrons. The highest BCUT2D eigenvalue weighted by molar-refractivity contribution is 5.74. The highest BCUT2D eigenvalue weighted by atomic mass is 16.5. The third-order valence-electron chi connectivity index (χ3n) is 3.02. The van der Waals surface area contributed by atoms with Crippen LogP contribution >= 0.6 is 0 Å². The van der Waals surface area contributed by atoms with Crippen molar-refractivity contribution in [2.45, 2.75) is 31.7 Å². The Kier molecular flexibility index (Phi) is 3.59. The molecule has 0 heterocycles. The van der Waals surface area contributed by atoms with Crippen molar-refractivity contribution in [1.82, 2.24) is 5.32 Å². The van der Waals surface area contributed by atoms with Gasteiger partial charge in [0.1, 0.15) is 6.04 Å². The lowest BCUT2D eigenvalue weighted by Gasteiger charge is -2.13. The minimum atomic E-state index is -0.723.